The number of rotatable bonds is 4. The van der Waals surface area contributed by atoms with Crippen molar-refractivity contribution >= 4 is 11.7 Å². The van der Waals surface area contributed by atoms with Crippen molar-refractivity contribution in [3.8, 4) is 0 Å². The van der Waals surface area contributed by atoms with Gasteiger partial charge in [0.05, 0.1) is 6.54 Å². The topological polar surface area (TPSA) is 111 Å². The van der Waals surface area contributed by atoms with Crippen molar-refractivity contribution in [1.29, 1.82) is 0 Å². The summed E-state index contributed by atoms with van der Waals surface area (Å²) in [6, 6.07) is 0. The summed E-state index contributed by atoms with van der Waals surface area (Å²) in [5, 5.41) is 8.07. The van der Waals surface area contributed by atoms with E-state index in [1.807, 2.05) is 11.9 Å². The van der Waals surface area contributed by atoms with Crippen molar-refractivity contribution in [2.75, 3.05) is 25.5 Å². The number of H-pyrrole nitrogens is 2. The van der Waals surface area contributed by atoms with E-state index in [-0.39, 0.29) is 18.3 Å². The van der Waals surface area contributed by atoms with E-state index in [0.717, 1.165) is 0 Å². The van der Waals surface area contributed by atoms with Gasteiger partial charge in [-0.3, -0.25) is 14.6 Å². The molecule has 0 fully saturated rings. The molecular weight excluding hydrogens is 214 g/mol. The molecule has 1 aromatic rings. The maximum Gasteiger partial charge on any atom is 0.342 e. The number of carbonyl (C=O) groups is 1. The molecule has 0 aromatic carbocycles. The number of aromatic nitrogens is 3. The zero-order valence-electron chi connectivity index (χ0n) is 9.03. The fourth-order valence-corrected chi connectivity index (χ4v) is 0.938. The fraction of sp³-hybridized carbons (Fsp3) is 0.500. The molecule has 0 spiro atoms. The van der Waals surface area contributed by atoms with Gasteiger partial charge in [0.2, 0.25) is 11.7 Å². The van der Waals surface area contributed by atoms with E-state index in [1.165, 1.54) is 4.90 Å². The maximum absolute atomic E-state index is 11.4. The molecule has 0 aliphatic carbocycles. The highest BCUT2D eigenvalue weighted by atomic mass is 16.2. The Kier molecular flexibility index (Phi) is 3.81. The van der Waals surface area contributed by atoms with Crippen molar-refractivity contribution in [3.63, 3.8) is 0 Å². The van der Waals surface area contributed by atoms with Crippen molar-refractivity contribution < 1.29 is 4.79 Å². The van der Waals surface area contributed by atoms with Crippen LogP contribution >= 0.6 is 0 Å². The van der Waals surface area contributed by atoms with E-state index >= 15 is 0 Å². The summed E-state index contributed by atoms with van der Waals surface area (Å²) >= 11 is 0. The van der Waals surface area contributed by atoms with E-state index in [9.17, 15) is 14.4 Å². The van der Waals surface area contributed by atoms with Gasteiger partial charge in [-0.25, -0.2) is 9.89 Å². The van der Waals surface area contributed by atoms with Crippen LogP contribution in [0.3, 0.4) is 0 Å². The van der Waals surface area contributed by atoms with Gasteiger partial charge in [0.15, 0.2) is 0 Å². The first-order valence-electron chi connectivity index (χ1n) is 4.71. The van der Waals surface area contributed by atoms with Gasteiger partial charge in [-0.05, 0) is 6.92 Å². The number of hydrogen-bond donors (Lipinski definition) is 3. The molecule has 0 saturated carbocycles. The predicted molar refractivity (Wildman–Crippen MR) is 57.3 cm³/mol. The molecule has 16 heavy (non-hydrogen) atoms. The van der Waals surface area contributed by atoms with Gasteiger partial charge in [-0.15, -0.1) is 5.10 Å². The Morgan fingerprint density at radius 3 is 2.75 bits per heavy atom. The molecule has 0 saturated heterocycles. The van der Waals surface area contributed by atoms with Crippen LogP contribution in [-0.4, -0.2) is 46.1 Å². The first-order valence-corrected chi connectivity index (χ1v) is 4.71. The molecule has 3 N–H and O–H groups in total. The molecule has 1 amide bonds. The minimum absolute atomic E-state index is 0.0491. The number of hydrogen-bond acceptors (Lipinski definition) is 5. The Bertz CT molecular complexity index is 477. The van der Waals surface area contributed by atoms with Crippen LogP contribution in [0.4, 0.5) is 5.82 Å². The summed E-state index contributed by atoms with van der Waals surface area (Å²) in [6.07, 6.45) is 0. The molecule has 0 bridgehead atoms. The molecule has 0 atom stereocenters. The summed E-state index contributed by atoms with van der Waals surface area (Å²) in [4.78, 5) is 36.7. The number of aromatic amines is 2. The van der Waals surface area contributed by atoms with Gasteiger partial charge in [-0.2, -0.15) is 0 Å². The third-order valence-electron chi connectivity index (χ3n) is 2.02. The predicted octanol–water partition coefficient (Wildman–Crippen LogP) is -1.65. The second-order valence-electron chi connectivity index (χ2n) is 3.12. The van der Waals surface area contributed by atoms with Crippen LogP contribution in [0.1, 0.15) is 6.92 Å². The number of nitrogens with one attached hydrogen (secondary N) is 3. The Balaban J connectivity index is 2.65. The zero-order valence-corrected chi connectivity index (χ0v) is 9.03. The maximum atomic E-state index is 11.4. The van der Waals surface area contributed by atoms with Gasteiger partial charge < -0.3 is 10.2 Å². The van der Waals surface area contributed by atoms with Crippen molar-refractivity contribution in [2.45, 2.75) is 6.92 Å². The first-order chi connectivity index (χ1) is 7.54. The minimum atomic E-state index is -0.687. The van der Waals surface area contributed by atoms with Gasteiger partial charge in [-0.1, -0.05) is 0 Å². The standard InChI is InChI=1S/C8H13N5O3/c1-3-13(2)5(14)4-9-6-7(15)10-8(16)12-11-6/h3-4H2,1-2H3,(H,9,11)(H2,10,12,15,16). The summed E-state index contributed by atoms with van der Waals surface area (Å²) in [6.45, 7) is 2.37. The van der Waals surface area contributed by atoms with E-state index in [2.05, 4.69) is 15.5 Å². The number of anilines is 1. The number of amides is 1. The van der Waals surface area contributed by atoms with Crippen molar-refractivity contribution in [3.05, 3.63) is 20.8 Å². The summed E-state index contributed by atoms with van der Waals surface area (Å²) in [5.41, 5.74) is -1.34. The molecule has 0 unspecified atom stereocenters. The first kappa shape index (κ1) is 12.0. The Hall–Kier alpha value is -2.12. The van der Waals surface area contributed by atoms with Crippen molar-refractivity contribution in [2.24, 2.45) is 0 Å². The lowest BCUT2D eigenvalue weighted by molar-refractivity contribution is -0.127. The molecule has 8 nitrogen and oxygen atoms in total. The number of likely N-dealkylation sites (N-methyl/N-ethyl adjacent to an activating group) is 1. The Morgan fingerprint density at radius 1 is 1.50 bits per heavy atom. The van der Waals surface area contributed by atoms with Crippen LogP contribution in [0.25, 0.3) is 0 Å². The highest BCUT2D eigenvalue weighted by Gasteiger charge is 2.08. The number of nitrogens with zero attached hydrogens (tertiary/aromatic N) is 2. The lowest BCUT2D eigenvalue weighted by Crippen LogP contribution is -2.34. The lowest BCUT2D eigenvalue weighted by atomic mass is 10.5. The molecule has 8 heteroatoms. The molecule has 88 valence electrons. The minimum Gasteiger partial charge on any atom is -0.355 e. The molecule has 1 aromatic heterocycles. The quantitative estimate of drug-likeness (QED) is 0.570. The smallest absolute Gasteiger partial charge is 0.342 e. The summed E-state index contributed by atoms with van der Waals surface area (Å²) in [7, 11) is 1.65. The zero-order chi connectivity index (χ0) is 12.1. The van der Waals surface area contributed by atoms with E-state index in [1.54, 1.807) is 7.05 Å². The van der Waals surface area contributed by atoms with Crippen LogP contribution in [0.2, 0.25) is 0 Å². The molecule has 0 radical (unpaired) electrons. The lowest BCUT2D eigenvalue weighted by Gasteiger charge is -2.14. The van der Waals surface area contributed by atoms with Crippen LogP contribution in [0.15, 0.2) is 9.59 Å². The number of carbonyl (C=O) groups excluding carboxylic acids is 1. The molecule has 0 aliphatic heterocycles. The van der Waals surface area contributed by atoms with Crippen LogP contribution in [0.5, 0.6) is 0 Å². The third kappa shape index (κ3) is 2.94. The Labute approximate surface area is 90.7 Å². The monoisotopic (exact) mass is 227 g/mol. The van der Waals surface area contributed by atoms with Gasteiger partial charge >= 0.3 is 5.69 Å². The van der Waals surface area contributed by atoms with Crippen LogP contribution < -0.4 is 16.6 Å². The normalized spacial score (nSPS) is 9.88. The van der Waals surface area contributed by atoms with Crippen LogP contribution in [-0.2, 0) is 4.79 Å². The van der Waals surface area contributed by atoms with E-state index in [4.69, 9.17) is 0 Å². The van der Waals surface area contributed by atoms with Crippen LogP contribution in [0, 0.1) is 0 Å². The molecule has 0 aliphatic rings. The second kappa shape index (κ2) is 5.10. The van der Waals surface area contributed by atoms with Gasteiger partial charge in [0.25, 0.3) is 5.56 Å². The third-order valence-corrected chi connectivity index (χ3v) is 2.02. The molecule has 1 heterocycles. The molecular formula is C8H13N5O3. The van der Waals surface area contributed by atoms with Crippen molar-refractivity contribution in [1.82, 2.24) is 20.1 Å². The SMILES string of the molecule is CCN(C)C(=O)CNc1n[nH]c(=O)[nH]c1=O. The summed E-state index contributed by atoms with van der Waals surface area (Å²) in [5.74, 6) is -0.257. The highest BCUT2D eigenvalue weighted by Crippen LogP contribution is 1.88. The average molecular weight is 227 g/mol. The van der Waals surface area contributed by atoms with E-state index in [0.29, 0.717) is 6.54 Å². The molecule has 1 rings (SSSR count). The largest absolute Gasteiger partial charge is 0.355 e. The van der Waals surface area contributed by atoms with Gasteiger partial charge in [0, 0.05) is 13.6 Å². The average Bonchev–Trinajstić information content (AvgIpc) is 2.26. The van der Waals surface area contributed by atoms with Gasteiger partial charge in [0.1, 0.15) is 0 Å². The van der Waals surface area contributed by atoms with E-state index < -0.39 is 11.2 Å². The Morgan fingerprint density at radius 2 is 2.19 bits per heavy atom. The highest BCUT2D eigenvalue weighted by molar-refractivity contribution is 5.80. The second-order valence-corrected chi connectivity index (χ2v) is 3.12. The fourth-order valence-electron chi connectivity index (χ4n) is 0.938. The summed E-state index contributed by atoms with van der Waals surface area (Å²) < 4.78 is 0.